The third-order valence-corrected chi connectivity index (χ3v) is 3.19. The summed E-state index contributed by atoms with van der Waals surface area (Å²) in [7, 11) is 0. The van der Waals surface area contributed by atoms with E-state index < -0.39 is 0 Å². The number of fused-ring (bicyclic) bond motifs is 2. The molecule has 94 valence electrons. The molecule has 2 aromatic rings. The molecule has 0 spiro atoms. The van der Waals surface area contributed by atoms with Crippen molar-refractivity contribution in [1.82, 2.24) is 0 Å². The molecule has 20 heavy (non-hydrogen) atoms. The van der Waals surface area contributed by atoms with E-state index in [-0.39, 0.29) is 0 Å². The van der Waals surface area contributed by atoms with Gasteiger partial charge in [0.1, 0.15) is 0 Å². The van der Waals surface area contributed by atoms with E-state index in [1.54, 1.807) is 0 Å². The largest absolute Gasteiger partial charge is 0.0969 e. The van der Waals surface area contributed by atoms with Crippen LogP contribution in [0.5, 0.6) is 0 Å². The van der Waals surface area contributed by atoms with Crippen LogP contribution in [0.2, 0.25) is 0 Å². The summed E-state index contributed by atoms with van der Waals surface area (Å²) in [4.78, 5) is 0. The lowest BCUT2D eigenvalue weighted by atomic mass is 10.0. The predicted octanol–water partition coefficient (Wildman–Crippen LogP) is 4.35. The average molecular weight is 254 g/mol. The highest BCUT2D eigenvalue weighted by atomic mass is 14.0. The van der Waals surface area contributed by atoms with Crippen molar-refractivity contribution in [3.05, 3.63) is 70.8 Å². The molecule has 1 aliphatic carbocycles. The molecule has 0 aliphatic heterocycles. The molecular formula is C20H14. The average Bonchev–Trinajstić information content (AvgIpc) is 2.49. The lowest BCUT2D eigenvalue weighted by Gasteiger charge is -2.01. The van der Waals surface area contributed by atoms with Gasteiger partial charge in [0.15, 0.2) is 0 Å². The Labute approximate surface area is 120 Å². The molecule has 0 amide bonds. The molecule has 0 aromatic heterocycles. The van der Waals surface area contributed by atoms with Gasteiger partial charge in [-0.25, -0.2) is 0 Å². The monoisotopic (exact) mass is 254 g/mol. The second-order valence-corrected chi connectivity index (χ2v) is 4.61. The summed E-state index contributed by atoms with van der Waals surface area (Å²) in [5, 5.41) is 0. The Morgan fingerprint density at radius 3 is 1.55 bits per heavy atom. The van der Waals surface area contributed by atoms with Crippen molar-refractivity contribution in [2.75, 3.05) is 0 Å². The van der Waals surface area contributed by atoms with Crippen LogP contribution in [-0.4, -0.2) is 0 Å². The molecule has 0 N–H and O–H groups in total. The van der Waals surface area contributed by atoms with E-state index in [9.17, 15) is 0 Å². The van der Waals surface area contributed by atoms with E-state index >= 15 is 0 Å². The van der Waals surface area contributed by atoms with Gasteiger partial charge in [-0.15, -0.1) is 0 Å². The molecule has 0 bridgehead atoms. The molecule has 0 radical (unpaired) electrons. The van der Waals surface area contributed by atoms with Crippen molar-refractivity contribution >= 4 is 12.2 Å². The quantitative estimate of drug-likeness (QED) is 0.613. The van der Waals surface area contributed by atoms with Crippen LogP contribution in [0.1, 0.15) is 35.1 Å². The van der Waals surface area contributed by atoms with Gasteiger partial charge in [-0.05, 0) is 23.3 Å². The molecule has 0 heterocycles. The van der Waals surface area contributed by atoms with Crippen LogP contribution in [0.15, 0.2) is 48.5 Å². The van der Waals surface area contributed by atoms with Gasteiger partial charge in [-0.2, -0.15) is 0 Å². The maximum Gasteiger partial charge on any atom is 0.0317 e. The molecule has 1 aliphatic rings. The van der Waals surface area contributed by atoms with Gasteiger partial charge in [0.05, 0.1) is 0 Å². The minimum absolute atomic E-state index is 0.813. The minimum Gasteiger partial charge on any atom is -0.0969 e. The number of rotatable bonds is 0. The Hall–Kier alpha value is -2.70. The van der Waals surface area contributed by atoms with Crippen LogP contribution in [0.25, 0.3) is 12.2 Å². The van der Waals surface area contributed by atoms with E-state index in [1.165, 1.54) is 0 Å². The number of hydrogen-bond donors (Lipinski definition) is 0. The molecule has 0 atom stereocenters. The van der Waals surface area contributed by atoms with Gasteiger partial charge in [-0.3, -0.25) is 0 Å². The molecule has 0 heteroatoms. The van der Waals surface area contributed by atoms with Crippen molar-refractivity contribution in [2.24, 2.45) is 0 Å². The smallest absolute Gasteiger partial charge is 0.0317 e. The zero-order chi connectivity index (χ0) is 13.6. The Balaban J connectivity index is 2.11. The van der Waals surface area contributed by atoms with Crippen molar-refractivity contribution in [3.8, 4) is 23.7 Å². The fraction of sp³-hybridized carbons (Fsp3) is 0.100. The Morgan fingerprint density at radius 2 is 1.05 bits per heavy atom. The third-order valence-electron chi connectivity index (χ3n) is 3.19. The van der Waals surface area contributed by atoms with Gasteiger partial charge in [-0.1, -0.05) is 72.2 Å². The molecule has 2 aromatic carbocycles. The SMILES string of the molecule is C1#Cc2ccccc2/C=C/c2ccccc2C#CCC1. The highest BCUT2D eigenvalue weighted by molar-refractivity contribution is 5.75. The van der Waals surface area contributed by atoms with E-state index in [1.807, 2.05) is 24.3 Å². The van der Waals surface area contributed by atoms with Crippen LogP contribution in [0.4, 0.5) is 0 Å². The Bertz CT molecular complexity index is 703. The molecular weight excluding hydrogens is 240 g/mol. The summed E-state index contributed by atoms with van der Waals surface area (Å²) >= 11 is 0. The summed E-state index contributed by atoms with van der Waals surface area (Å²) in [5.41, 5.74) is 4.47. The highest BCUT2D eigenvalue weighted by Crippen LogP contribution is 2.15. The fourth-order valence-corrected chi connectivity index (χ4v) is 2.13. The van der Waals surface area contributed by atoms with Gasteiger partial charge < -0.3 is 0 Å². The van der Waals surface area contributed by atoms with E-state index in [0.717, 1.165) is 35.1 Å². The van der Waals surface area contributed by atoms with Gasteiger partial charge >= 0.3 is 0 Å². The van der Waals surface area contributed by atoms with Crippen molar-refractivity contribution < 1.29 is 0 Å². The third kappa shape index (κ3) is 2.82. The molecule has 0 nitrogen and oxygen atoms in total. The standard InChI is InChI=1S/C20H14/c1-2-4-10-18-12-6-8-14-20(18)16-15-19-13-7-5-11-17(19)9-3-1/h5-8,11-16H,1-2H2/b16-15+. The molecule has 0 fully saturated rings. The van der Waals surface area contributed by atoms with Gasteiger partial charge in [0, 0.05) is 24.0 Å². The lowest BCUT2D eigenvalue weighted by molar-refractivity contribution is 1.12. The number of hydrogen-bond acceptors (Lipinski definition) is 0. The fourth-order valence-electron chi connectivity index (χ4n) is 2.13. The second-order valence-electron chi connectivity index (χ2n) is 4.61. The molecule has 0 saturated carbocycles. The van der Waals surface area contributed by atoms with Crippen LogP contribution in [0, 0.1) is 23.7 Å². The zero-order valence-corrected chi connectivity index (χ0v) is 11.2. The first-order valence-corrected chi connectivity index (χ1v) is 6.77. The van der Waals surface area contributed by atoms with Crippen LogP contribution >= 0.6 is 0 Å². The lowest BCUT2D eigenvalue weighted by Crippen LogP contribution is -1.84. The summed E-state index contributed by atoms with van der Waals surface area (Å²) < 4.78 is 0. The maximum atomic E-state index is 3.24. The molecule has 0 saturated heterocycles. The van der Waals surface area contributed by atoms with Crippen LogP contribution in [0.3, 0.4) is 0 Å². The summed E-state index contributed by atoms with van der Waals surface area (Å²) in [6.07, 6.45) is 5.86. The second kappa shape index (κ2) is 5.96. The number of benzene rings is 2. The van der Waals surface area contributed by atoms with Crippen LogP contribution in [-0.2, 0) is 0 Å². The van der Waals surface area contributed by atoms with E-state index in [2.05, 4.69) is 60.1 Å². The Kier molecular flexibility index (Phi) is 3.68. The summed E-state index contributed by atoms with van der Waals surface area (Å²) in [6, 6.07) is 16.5. The van der Waals surface area contributed by atoms with E-state index in [0.29, 0.717) is 0 Å². The van der Waals surface area contributed by atoms with Crippen molar-refractivity contribution in [3.63, 3.8) is 0 Å². The first-order valence-electron chi connectivity index (χ1n) is 6.77. The molecule has 3 rings (SSSR count). The first kappa shape index (κ1) is 12.3. The van der Waals surface area contributed by atoms with Gasteiger partial charge in [0.25, 0.3) is 0 Å². The van der Waals surface area contributed by atoms with Gasteiger partial charge in [0.2, 0.25) is 0 Å². The summed E-state index contributed by atoms with van der Waals surface area (Å²) in [5.74, 6) is 12.9. The highest BCUT2D eigenvalue weighted by Gasteiger charge is 1.98. The zero-order valence-electron chi connectivity index (χ0n) is 11.2. The topological polar surface area (TPSA) is 0 Å². The van der Waals surface area contributed by atoms with Crippen LogP contribution < -0.4 is 0 Å². The first-order chi connectivity index (χ1) is 9.93. The summed E-state index contributed by atoms with van der Waals surface area (Å²) in [6.45, 7) is 0. The van der Waals surface area contributed by atoms with Crippen molar-refractivity contribution in [2.45, 2.75) is 12.8 Å². The van der Waals surface area contributed by atoms with Crippen molar-refractivity contribution in [1.29, 1.82) is 0 Å². The molecule has 0 unspecified atom stereocenters. The van der Waals surface area contributed by atoms with E-state index in [4.69, 9.17) is 0 Å². The maximum absolute atomic E-state index is 3.24. The Morgan fingerprint density at radius 1 is 0.600 bits per heavy atom. The predicted molar refractivity (Wildman–Crippen MR) is 84.8 cm³/mol. The minimum atomic E-state index is 0.813. The normalized spacial score (nSPS) is 14.0.